The Hall–Kier alpha value is -3.41. The van der Waals surface area contributed by atoms with Crippen molar-refractivity contribution < 1.29 is 19.1 Å². The van der Waals surface area contributed by atoms with Crippen molar-refractivity contribution in [3.05, 3.63) is 71.5 Å². The smallest absolute Gasteiger partial charge is 0.339 e. The van der Waals surface area contributed by atoms with Gasteiger partial charge in [-0.15, -0.1) is 0 Å². The molecule has 6 nitrogen and oxygen atoms in total. The van der Waals surface area contributed by atoms with Crippen LogP contribution in [0.5, 0.6) is 5.75 Å². The SMILES string of the molecule is COC(=O)c1ccc(C(=O)NCc2ccc3cc(OC)ccc3c2)nc1. The fourth-order valence-corrected chi connectivity index (χ4v) is 2.55. The Labute approximate surface area is 150 Å². The molecular formula is C20H18N2O4. The number of benzene rings is 2. The largest absolute Gasteiger partial charge is 0.497 e. The summed E-state index contributed by atoms with van der Waals surface area (Å²) >= 11 is 0. The first-order valence-electron chi connectivity index (χ1n) is 8.00. The molecule has 6 heteroatoms. The maximum absolute atomic E-state index is 12.2. The Balaban J connectivity index is 1.67. The normalized spacial score (nSPS) is 10.4. The van der Waals surface area contributed by atoms with Crippen LogP contribution in [0.15, 0.2) is 54.7 Å². The Morgan fingerprint density at radius 2 is 1.77 bits per heavy atom. The second kappa shape index (κ2) is 7.65. The number of rotatable bonds is 5. The lowest BCUT2D eigenvalue weighted by atomic mass is 10.1. The summed E-state index contributed by atoms with van der Waals surface area (Å²) in [5.41, 5.74) is 1.51. The van der Waals surface area contributed by atoms with E-state index in [1.165, 1.54) is 25.4 Å². The van der Waals surface area contributed by atoms with Gasteiger partial charge in [0.05, 0.1) is 19.8 Å². The van der Waals surface area contributed by atoms with Crippen LogP contribution in [0.1, 0.15) is 26.4 Å². The molecule has 3 rings (SSSR count). The molecule has 1 heterocycles. The second-order valence-electron chi connectivity index (χ2n) is 5.65. The van der Waals surface area contributed by atoms with Gasteiger partial charge in [0.25, 0.3) is 5.91 Å². The number of carbonyl (C=O) groups excluding carboxylic acids is 2. The Bertz CT molecular complexity index is 952. The minimum absolute atomic E-state index is 0.239. The summed E-state index contributed by atoms with van der Waals surface area (Å²) in [4.78, 5) is 27.6. The predicted octanol–water partition coefficient (Wildman–Crippen LogP) is 2.96. The Morgan fingerprint density at radius 1 is 1.00 bits per heavy atom. The highest BCUT2D eigenvalue weighted by Gasteiger charge is 2.10. The maximum Gasteiger partial charge on any atom is 0.339 e. The first kappa shape index (κ1) is 17.4. The highest BCUT2D eigenvalue weighted by Crippen LogP contribution is 2.21. The zero-order chi connectivity index (χ0) is 18.5. The minimum atomic E-state index is -0.489. The van der Waals surface area contributed by atoms with Gasteiger partial charge in [-0.3, -0.25) is 9.78 Å². The number of methoxy groups -OCH3 is 2. The quantitative estimate of drug-likeness (QED) is 0.716. The van der Waals surface area contributed by atoms with Gasteiger partial charge < -0.3 is 14.8 Å². The van der Waals surface area contributed by atoms with E-state index < -0.39 is 5.97 Å². The number of amides is 1. The van der Waals surface area contributed by atoms with Crippen LogP contribution < -0.4 is 10.1 Å². The number of nitrogens with zero attached hydrogens (tertiary/aromatic N) is 1. The van der Waals surface area contributed by atoms with Crippen molar-refractivity contribution in [2.24, 2.45) is 0 Å². The number of carbonyl (C=O) groups is 2. The molecule has 2 aromatic carbocycles. The molecule has 3 aromatic rings. The highest BCUT2D eigenvalue weighted by molar-refractivity contribution is 5.94. The van der Waals surface area contributed by atoms with Gasteiger partial charge >= 0.3 is 5.97 Å². The fourth-order valence-electron chi connectivity index (χ4n) is 2.55. The van der Waals surface area contributed by atoms with E-state index in [1.807, 2.05) is 36.4 Å². The summed E-state index contributed by atoms with van der Waals surface area (Å²) in [6.45, 7) is 0.376. The number of aromatic nitrogens is 1. The molecule has 0 bridgehead atoms. The highest BCUT2D eigenvalue weighted by atomic mass is 16.5. The topological polar surface area (TPSA) is 77.5 Å². The summed E-state index contributed by atoms with van der Waals surface area (Å²) in [6, 6.07) is 14.8. The van der Waals surface area contributed by atoms with Crippen LogP contribution in [0.25, 0.3) is 10.8 Å². The van der Waals surface area contributed by atoms with Crippen molar-refractivity contribution in [2.75, 3.05) is 14.2 Å². The summed E-state index contributed by atoms with van der Waals surface area (Å²) in [5, 5.41) is 4.96. The van der Waals surface area contributed by atoms with Gasteiger partial charge in [0.1, 0.15) is 11.4 Å². The standard InChI is InChI=1S/C20H18N2O4/c1-25-17-7-5-14-9-13(3-4-15(14)10-17)11-22-19(23)18-8-6-16(12-21-18)20(24)26-2/h3-10,12H,11H2,1-2H3,(H,22,23). The maximum atomic E-state index is 12.2. The third-order valence-corrected chi connectivity index (χ3v) is 3.98. The molecule has 1 aromatic heterocycles. The molecule has 0 saturated heterocycles. The van der Waals surface area contributed by atoms with Gasteiger partial charge in [-0.25, -0.2) is 4.79 Å². The van der Waals surface area contributed by atoms with Crippen molar-refractivity contribution >= 4 is 22.6 Å². The second-order valence-corrected chi connectivity index (χ2v) is 5.65. The molecule has 0 aliphatic rings. The lowest BCUT2D eigenvalue weighted by molar-refractivity contribution is 0.0599. The van der Waals surface area contributed by atoms with E-state index in [0.717, 1.165) is 22.1 Å². The first-order chi connectivity index (χ1) is 12.6. The number of ether oxygens (including phenoxy) is 2. The van der Waals surface area contributed by atoms with E-state index >= 15 is 0 Å². The molecule has 0 atom stereocenters. The van der Waals surface area contributed by atoms with E-state index in [9.17, 15) is 9.59 Å². The molecule has 26 heavy (non-hydrogen) atoms. The number of nitrogens with one attached hydrogen (secondary N) is 1. The van der Waals surface area contributed by atoms with E-state index in [1.54, 1.807) is 7.11 Å². The average Bonchev–Trinajstić information content (AvgIpc) is 2.70. The monoisotopic (exact) mass is 350 g/mol. The van der Waals surface area contributed by atoms with Crippen LogP contribution in [-0.4, -0.2) is 31.1 Å². The van der Waals surface area contributed by atoms with Gasteiger partial charge in [-0.1, -0.05) is 18.2 Å². The molecule has 1 N–H and O–H groups in total. The van der Waals surface area contributed by atoms with E-state index in [2.05, 4.69) is 15.0 Å². The van der Waals surface area contributed by atoms with Crippen LogP contribution in [0.2, 0.25) is 0 Å². The third-order valence-electron chi connectivity index (χ3n) is 3.98. The van der Waals surface area contributed by atoms with Crippen molar-refractivity contribution in [2.45, 2.75) is 6.54 Å². The van der Waals surface area contributed by atoms with Crippen molar-refractivity contribution in [1.82, 2.24) is 10.3 Å². The van der Waals surface area contributed by atoms with Crippen molar-refractivity contribution in [3.8, 4) is 5.75 Å². The Morgan fingerprint density at radius 3 is 2.46 bits per heavy atom. The van der Waals surface area contributed by atoms with E-state index in [0.29, 0.717) is 12.1 Å². The molecule has 0 aliphatic carbocycles. The first-order valence-corrected chi connectivity index (χ1v) is 8.00. The molecule has 0 saturated carbocycles. The number of hydrogen-bond donors (Lipinski definition) is 1. The zero-order valence-corrected chi connectivity index (χ0v) is 14.5. The van der Waals surface area contributed by atoms with E-state index in [-0.39, 0.29) is 11.6 Å². The molecule has 0 aliphatic heterocycles. The summed E-state index contributed by atoms with van der Waals surface area (Å²) in [5.74, 6) is 0.00789. The summed E-state index contributed by atoms with van der Waals surface area (Å²) in [7, 11) is 2.93. The van der Waals surface area contributed by atoms with Crippen molar-refractivity contribution in [3.63, 3.8) is 0 Å². The van der Waals surface area contributed by atoms with Crippen molar-refractivity contribution in [1.29, 1.82) is 0 Å². The van der Waals surface area contributed by atoms with Gasteiger partial charge in [0, 0.05) is 12.7 Å². The average molecular weight is 350 g/mol. The molecule has 1 amide bonds. The molecule has 0 spiro atoms. The number of hydrogen-bond acceptors (Lipinski definition) is 5. The minimum Gasteiger partial charge on any atom is -0.497 e. The molecule has 0 unspecified atom stereocenters. The number of pyridine rings is 1. The molecule has 0 fully saturated rings. The molecular weight excluding hydrogens is 332 g/mol. The van der Waals surface area contributed by atoms with E-state index in [4.69, 9.17) is 4.74 Å². The molecule has 0 radical (unpaired) electrons. The van der Waals surface area contributed by atoms with Crippen LogP contribution in [-0.2, 0) is 11.3 Å². The lowest BCUT2D eigenvalue weighted by Gasteiger charge is -2.08. The predicted molar refractivity (Wildman–Crippen MR) is 97.2 cm³/mol. The zero-order valence-electron chi connectivity index (χ0n) is 14.5. The lowest BCUT2D eigenvalue weighted by Crippen LogP contribution is -2.23. The van der Waals surface area contributed by atoms with Gasteiger partial charge in [-0.2, -0.15) is 0 Å². The Kier molecular flexibility index (Phi) is 5.12. The van der Waals surface area contributed by atoms with Gasteiger partial charge in [0.15, 0.2) is 0 Å². The third kappa shape index (κ3) is 3.80. The summed E-state index contributed by atoms with van der Waals surface area (Å²) < 4.78 is 9.82. The van der Waals surface area contributed by atoms with Gasteiger partial charge in [0.2, 0.25) is 0 Å². The summed E-state index contributed by atoms with van der Waals surface area (Å²) in [6.07, 6.45) is 1.32. The molecule has 132 valence electrons. The number of fused-ring (bicyclic) bond motifs is 1. The van der Waals surface area contributed by atoms with Crippen LogP contribution in [0.4, 0.5) is 0 Å². The fraction of sp³-hybridized carbons (Fsp3) is 0.150. The number of esters is 1. The van der Waals surface area contributed by atoms with Crippen LogP contribution >= 0.6 is 0 Å². The van der Waals surface area contributed by atoms with Gasteiger partial charge in [-0.05, 0) is 46.7 Å². The van der Waals surface area contributed by atoms with Crippen LogP contribution in [0, 0.1) is 0 Å². The van der Waals surface area contributed by atoms with Crippen LogP contribution in [0.3, 0.4) is 0 Å².